The van der Waals surface area contributed by atoms with E-state index >= 15 is 0 Å². The van der Waals surface area contributed by atoms with Crippen LogP contribution < -0.4 is 5.32 Å². The minimum atomic E-state index is 0.455. The molecule has 0 aliphatic carbocycles. The van der Waals surface area contributed by atoms with Crippen LogP contribution in [-0.4, -0.2) is 19.3 Å². The lowest BCUT2D eigenvalue weighted by atomic mass is 10.1. The first-order valence-corrected chi connectivity index (χ1v) is 6.78. The van der Waals surface area contributed by atoms with Gasteiger partial charge in [0.05, 0.1) is 12.6 Å². The molecule has 0 spiro atoms. The van der Waals surface area contributed by atoms with Crippen LogP contribution in [0.15, 0.2) is 41.8 Å². The zero-order chi connectivity index (χ0) is 11.5. The van der Waals surface area contributed by atoms with E-state index in [1.54, 1.807) is 11.3 Å². The minimum Gasteiger partial charge on any atom is -0.379 e. The Morgan fingerprint density at radius 3 is 2.88 bits per heavy atom. The third kappa shape index (κ3) is 2.35. The summed E-state index contributed by atoms with van der Waals surface area (Å²) in [5.74, 6) is 0. The lowest BCUT2D eigenvalue weighted by molar-refractivity contribution is 0.195. The van der Waals surface area contributed by atoms with Gasteiger partial charge >= 0.3 is 0 Å². The van der Waals surface area contributed by atoms with Gasteiger partial charge in [0.1, 0.15) is 0 Å². The molecule has 17 heavy (non-hydrogen) atoms. The lowest BCUT2D eigenvalue weighted by Gasteiger charge is -2.15. The number of hydrogen-bond acceptors (Lipinski definition) is 3. The Balaban J connectivity index is 1.88. The number of rotatable bonds is 3. The van der Waals surface area contributed by atoms with Crippen LogP contribution >= 0.6 is 11.3 Å². The van der Waals surface area contributed by atoms with Gasteiger partial charge < -0.3 is 10.1 Å². The molecular formula is C14H15NOS. The predicted octanol–water partition coefficient (Wildman–Crippen LogP) is 3.62. The highest BCUT2D eigenvalue weighted by molar-refractivity contribution is 7.13. The Bertz CT molecular complexity index is 475. The number of benzene rings is 1. The number of thiophene rings is 1. The normalized spacial score (nSPS) is 19.4. The Labute approximate surface area is 105 Å². The molecule has 0 bridgehead atoms. The Morgan fingerprint density at radius 1 is 1.18 bits per heavy atom. The van der Waals surface area contributed by atoms with Gasteiger partial charge in [-0.05, 0) is 23.9 Å². The van der Waals surface area contributed by atoms with Crippen LogP contribution in [0.25, 0.3) is 10.4 Å². The molecule has 1 aliphatic rings. The fourth-order valence-corrected chi connectivity index (χ4v) is 2.89. The lowest BCUT2D eigenvalue weighted by Crippen LogP contribution is -2.19. The number of anilines is 1. The fraction of sp³-hybridized carbons (Fsp3) is 0.286. The van der Waals surface area contributed by atoms with Crippen molar-refractivity contribution >= 4 is 17.0 Å². The summed E-state index contributed by atoms with van der Waals surface area (Å²) in [6, 6.07) is 13.2. The highest BCUT2D eigenvalue weighted by Crippen LogP contribution is 2.32. The number of para-hydroxylation sites is 1. The van der Waals surface area contributed by atoms with Crippen LogP contribution in [0, 0.1) is 0 Å². The van der Waals surface area contributed by atoms with E-state index in [9.17, 15) is 0 Å². The molecule has 3 heteroatoms. The Kier molecular flexibility index (Phi) is 3.12. The van der Waals surface area contributed by atoms with Gasteiger partial charge in [-0.3, -0.25) is 0 Å². The first-order valence-electron chi connectivity index (χ1n) is 5.91. The minimum absolute atomic E-state index is 0.455. The van der Waals surface area contributed by atoms with Crippen LogP contribution in [0.4, 0.5) is 5.69 Å². The second-order valence-electron chi connectivity index (χ2n) is 4.23. The summed E-state index contributed by atoms with van der Waals surface area (Å²) in [6.07, 6.45) is 1.10. The second-order valence-corrected chi connectivity index (χ2v) is 5.18. The van der Waals surface area contributed by atoms with Gasteiger partial charge in [0.15, 0.2) is 0 Å². The quantitative estimate of drug-likeness (QED) is 0.891. The van der Waals surface area contributed by atoms with E-state index < -0.39 is 0 Å². The van der Waals surface area contributed by atoms with E-state index in [1.165, 1.54) is 16.1 Å². The van der Waals surface area contributed by atoms with E-state index in [2.05, 4.69) is 47.1 Å². The maximum absolute atomic E-state index is 5.40. The van der Waals surface area contributed by atoms with Crippen molar-refractivity contribution in [3.63, 3.8) is 0 Å². The average Bonchev–Trinajstić information content (AvgIpc) is 3.01. The molecule has 1 N–H and O–H groups in total. The van der Waals surface area contributed by atoms with E-state index in [-0.39, 0.29) is 0 Å². The van der Waals surface area contributed by atoms with Gasteiger partial charge in [-0.15, -0.1) is 11.3 Å². The molecule has 2 aromatic rings. The van der Waals surface area contributed by atoms with E-state index in [4.69, 9.17) is 4.74 Å². The molecule has 0 saturated carbocycles. The van der Waals surface area contributed by atoms with Crippen molar-refractivity contribution in [2.45, 2.75) is 12.5 Å². The summed E-state index contributed by atoms with van der Waals surface area (Å²) in [5.41, 5.74) is 2.50. The second kappa shape index (κ2) is 4.90. The molecule has 88 valence electrons. The molecule has 1 unspecified atom stereocenters. The first kappa shape index (κ1) is 10.8. The van der Waals surface area contributed by atoms with Crippen LogP contribution in [0.3, 0.4) is 0 Å². The monoisotopic (exact) mass is 245 g/mol. The van der Waals surface area contributed by atoms with Crippen LogP contribution in [0.2, 0.25) is 0 Å². The molecule has 1 aliphatic heterocycles. The summed E-state index contributed by atoms with van der Waals surface area (Å²) in [4.78, 5) is 1.31. The highest BCUT2D eigenvalue weighted by atomic mass is 32.1. The smallest absolute Gasteiger partial charge is 0.0668 e. The summed E-state index contributed by atoms with van der Waals surface area (Å²) >= 11 is 1.78. The number of ether oxygens (including phenoxy) is 1. The zero-order valence-electron chi connectivity index (χ0n) is 9.56. The molecule has 0 radical (unpaired) electrons. The average molecular weight is 245 g/mol. The van der Waals surface area contributed by atoms with Crippen LogP contribution in [-0.2, 0) is 4.74 Å². The third-order valence-corrected chi connectivity index (χ3v) is 3.91. The van der Waals surface area contributed by atoms with E-state index in [0.29, 0.717) is 6.04 Å². The largest absolute Gasteiger partial charge is 0.379 e. The first-order chi connectivity index (χ1) is 8.43. The molecule has 2 nitrogen and oxygen atoms in total. The van der Waals surface area contributed by atoms with Gasteiger partial charge in [0, 0.05) is 22.7 Å². The summed E-state index contributed by atoms with van der Waals surface area (Å²) in [6.45, 7) is 1.69. The van der Waals surface area contributed by atoms with E-state index in [0.717, 1.165) is 19.6 Å². The zero-order valence-corrected chi connectivity index (χ0v) is 10.4. The van der Waals surface area contributed by atoms with Gasteiger partial charge in [-0.1, -0.05) is 24.3 Å². The third-order valence-electron chi connectivity index (χ3n) is 3.00. The molecule has 0 amide bonds. The summed E-state index contributed by atoms with van der Waals surface area (Å²) in [7, 11) is 0. The molecular weight excluding hydrogens is 230 g/mol. The SMILES string of the molecule is c1csc(-c2ccccc2NC2CCOC2)c1. The topological polar surface area (TPSA) is 21.3 Å². The van der Waals surface area contributed by atoms with Crippen molar-refractivity contribution in [3.8, 4) is 10.4 Å². The van der Waals surface area contributed by atoms with Gasteiger partial charge in [0.2, 0.25) is 0 Å². The molecule has 1 aromatic carbocycles. The van der Waals surface area contributed by atoms with Crippen molar-refractivity contribution in [2.24, 2.45) is 0 Å². The van der Waals surface area contributed by atoms with Crippen LogP contribution in [0.5, 0.6) is 0 Å². The maximum atomic E-state index is 5.40. The molecule has 3 rings (SSSR count). The molecule has 1 fully saturated rings. The molecule has 1 saturated heterocycles. The highest BCUT2D eigenvalue weighted by Gasteiger charge is 2.16. The maximum Gasteiger partial charge on any atom is 0.0668 e. The Morgan fingerprint density at radius 2 is 2.12 bits per heavy atom. The molecule has 1 atom stereocenters. The number of nitrogens with one attached hydrogen (secondary N) is 1. The number of hydrogen-bond donors (Lipinski definition) is 1. The predicted molar refractivity (Wildman–Crippen MR) is 72.6 cm³/mol. The van der Waals surface area contributed by atoms with Crippen molar-refractivity contribution in [3.05, 3.63) is 41.8 Å². The van der Waals surface area contributed by atoms with Gasteiger partial charge in [0.25, 0.3) is 0 Å². The summed E-state index contributed by atoms with van der Waals surface area (Å²) in [5, 5.41) is 5.70. The fourth-order valence-electron chi connectivity index (χ4n) is 2.12. The van der Waals surface area contributed by atoms with Gasteiger partial charge in [-0.25, -0.2) is 0 Å². The molecule has 2 heterocycles. The van der Waals surface area contributed by atoms with Gasteiger partial charge in [-0.2, -0.15) is 0 Å². The standard InChI is InChI=1S/C14H15NOS/c1-2-5-13(15-11-7-8-16-10-11)12(4-1)14-6-3-9-17-14/h1-6,9,11,15H,7-8,10H2. The van der Waals surface area contributed by atoms with Crippen molar-refractivity contribution < 1.29 is 4.74 Å². The Hall–Kier alpha value is -1.32. The van der Waals surface area contributed by atoms with Crippen molar-refractivity contribution in [1.82, 2.24) is 0 Å². The molecule has 1 aromatic heterocycles. The summed E-state index contributed by atoms with van der Waals surface area (Å²) < 4.78 is 5.40. The van der Waals surface area contributed by atoms with Crippen molar-refractivity contribution in [2.75, 3.05) is 18.5 Å². The van der Waals surface area contributed by atoms with Crippen molar-refractivity contribution in [1.29, 1.82) is 0 Å². The van der Waals surface area contributed by atoms with Crippen LogP contribution in [0.1, 0.15) is 6.42 Å². The van der Waals surface area contributed by atoms with E-state index in [1.807, 2.05) is 0 Å².